The van der Waals surface area contributed by atoms with Crippen LogP contribution < -0.4 is 5.73 Å². The van der Waals surface area contributed by atoms with Crippen molar-refractivity contribution in [2.75, 3.05) is 0 Å². The fourth-order valence-corrected chi connectivity index (χ4v) is 1.98. The van der Waals surface area contributed by atoms with Gasteiger partial charge < -0.3 is 5.73 Å². The molecule has 0 saturated carbocycles. The Morgan fingerprint density at radius 2 is 2.31 bits per heavy atom. The van der Waals surface area contributed by atoms with E-state index in [1.165, 1.54) is 38.5 Å². The SMILES string of the molecule is CC(C)CCCC1=CC(N)CCC1. The summed E-state index contributed by atoms with van der Waals surface area (Å²) in [5, 5.41) is 0. The lowest BCUT2D eigenvalue weighted by molar-refractivity contribution is 0.537. The summed E-state index contributed by atoms with van der Waals surface area (Å²) in [5.74, 6) is 0.845. The molecule has 0 radical (unpaired) electrons. The molecule has 1 rings (SSSR count). The van der Waals surface area contributed by atoms with Gasteiger partial charge in [0.2, 0.25) is 0 Å². The topological polar surface area (TPSA) is 26.0 Å². The molecule has 0 aromatic heterocycles. The molecule has 13 heavy (non-hydrogen) atoms. The monoisotopic (exact) mass is 181 g/mol. The number of allylic oxidation sites excluding steroid dienone is 1. The highest BCUT2D eigenvalue weighted by Gasteiger charge is 2.09. The number of nitrogens with two attached hydrogens (primary N) is 1. The normalized spacial score (nSPS) is 23.4. The second-order valence-corrected chi connectivity index (χ2v) is 4.67. The number of hydrogen-bond donors (Lipinski definition) is 1. The lowest BCUT2D eigenvalue weighted by atomic mass is 9.92. The highest BCUT2D eigenvalue weighted by atomic mass is 14.6. The van der Waals surface area contributed by atoms with Crippen molar-refractivity contribution in [3.8, 4) is 0 Å². The summed E-state index contributed by atoms with van der Waals surface area (Å²) in [7, 11) is 0. The average molecular weight is 181 g/mol. The van der Waals surface area contributed by atoms with Crippen LogP contribution in [0.2, 0.25) is 0 Å². The molecule has 0 bridgehead atoms. The van der Waals surface area contributed by atoms with E-state index in [1.807, 2.05) is 0 Å². The van der Waals surface area contributed by atoms with Crippen LogP contribution in [0.1, 0.15) is 52.4 Å². The van der Waals surface area contributed by atoms with Gasteiger partial charge in [-0.15, -0.1) is 0 Å². The summed E-state index contributed by atoms with van der Waals surface area (Å²) in [6.07, 6.45) is 10.1. The van der Waals surface area contributed by atoms with E-state index in [1.54, 1.807) is 5.57 Å². The molecule has 1 atom stereocenters. The Hall–Kier alpha value is -0.300. The molecule has 1 aliphatic rings. The van der Waals surface area contributed by atoms with Gasteiger partial charge in [0, 0.05) is 6.04 Å². The third-order valence-corrected chi connectivity index (χ3v) is 2.76. The van der Waals surface area contributed by atoms with E-state index in [-0.39, 0.29) is 0 Å². The van der Waals surface area contributed by atoms with Crippen LogP contribution in [0.3, 0.4) is 0 Å². The van der Waals surface area contributed by atoms with E-state index in [4.69, 9.17) is 5.73 Å². The lowest BCUT2D eigenvalue weighted by Crippen LogP contribution is -2.20. The summed E-state index contributed by atoms with van der Waals surface area (Å²) in [4.78, 5) is 0. The van der Waals surface area contributed by atoms with Crippen molar-refractivity contribution in [3.05, 3.63) is 11.6 Å². The van der Waals surface area contributed by atoms with Crippen LogP contribution in [0.4, 0.5) is 0 Å². The predicted molar refractivity (Wildman–Crippen MR) is 58.6 cm³/mol. The summed E-state index contributed by atoms with van der Waals surface area (Å²) >= 11 is 0. The summed E-state index contributed by atoms with van der Waals surface area (Å²) in [6, 6.07) is 0.350. The van der Waals surface area contributed by atoms with Crippen LogP contribution in [0, 0.1) is 5.92 Å². The first-order chi connectivity index (χ1) is 6.18. The Labute approximate surface area is 82.4 Å². The van der Waals surface area contributed by atoms with Gasteiger partial charge in [-0.05, 0) is 38.0 Å². The Kier molecular flexibility index (Phi) is 4.51. The van der Waals surface area contributed by atoms with E-state index >= 15 is 0 Å². The van der Waals surface area contributed by atoms with E-state index in [0.717, 1.165) is 5.92 Å². The summed E-state index contributed by atoms with van der Waals surface area (Å²) in [5.41, 5.74) is 7.49. The van der Waals surface area contributed by atoms with Crippen LogP contribution in [0.5, 0.6) is 0 Å². The molecule has 76 valence electrons. The zero-order valence-corrected chi connectivity index (χ0v) is 9.05. The minimum atomic E-state index is 0.350. The molecule has 1 unspecified atom stereocenters. The third kappa shape index (κ3) is 4.47. The largest absolute Gasteiger partial charge is 0.324 e. The molecule has 1 nitrogen and oxygen atoms in total. The lowest BCUT2D eigenvalue weighted by Gasteiger charge is -2.17. The van der Waals surface area contributed by atoms with Crippen molar-refractivity contribution in [1.82, 2.24) is 0 Å². The zero-order valence-electron chi connectivity index (χ0n) is 9.05. The molecule has 0 saturated heterocycles. The van der Waals surface area contributed by atoms with Gasteiger partial charge >= 0.3 is 0 Å². The van der Waals surface area contributed by atoms with Gasteiger partial charge in [0.05, 0.1) is 0 Å². The van der Waals surface area contributed by atoms with Crippen LogP contribution in [0.15, 0.2) is 11.6 Å². The first-order valence-electron chi connectivity index (χ1n) is 5.63. The smallest absolute Gasteiger partial charge is 0.0226 e. The van der Waals surface area contributed by atoms with E-state index < -0.39 is 0 Å². The molecule has 1 heteroatoms. The van der Waals surface area contributed by atoms with Gasteiger partial charge in [-0.25, -0.2) is 0 Å². The molecule has 0 fully saturated rings. The average Bonchev–Trinajstić information content (AvgIpc) is 2.03. The quantitative estimate of drug-likeness (QED) is 0.662. The molecule has 0 heterocycles. The molecule has 0 spiro atoms. The maximum Gasteiger partial charge on any atom is 0.0226 e. The predicted octanol–water partition coefficient (Wildman–Crippen LogP) is 3.25. The fourth-order valence-electron chi connectivity index (χ4n) is 1.98. The van der Waals surface area contributed by atoms with Gasteiger partial charge in [0.15, 0.2) is 0 Å². The van der Waals surface area contributed by atoms with Crippen LogP contribution in [0.25, 0.3) is 0 Å². The number of hydrogen-bond acceptors (Lipinski definition) is 1. The maximum atomic E-state index is 5.88. The first kappa shape index (κ1) is 10.8. The van der Waals surface area contributed by atoms with Crippen molar-refractivity contribution in [2.45, 2.75) is 58.4 Å². The van der Waals surface area contributed by atoms with Crippen molar-refractivity contribution < 1.29 is 0 Å². The van der Waals surface area contributed by atoms with Crippen LogP contribution in [-0.2, 0) is 0 Å². The Morgan fingerprint density at radius 1 is 1.54 bits per heavy atom. The van der Waals surface area contributed by atoms with Crippen molar-refractivity contribution in [2.24, 2.45) is 11.7 Å². The molecule has 0 aromatic carbocycles. The Morgan fingerprint density at radius 3 is 2.92 bits per heavy atom. The summed E-state index contributed by atoms with van der Waals surface area (Å²) in [6.45, 7) is 4.59. The zero-order chi connectivity index (χ0) is 9.68. The van der Waals surface area contributed by atoms with Crippen LogP contribution >= 0.6 is 0 Å². The fraction of sp³-hybridized carbons (Fsp3) is 0.833. The maximum absolute atomic E-state index is 5.88. The summed E-state index contributed by atoms with van der Waals surface area (Å²) < 4.78 is 0. The second-order valence-electron chi connectivity index (χ2n) is 4.67. The van der Waals surface area contributed by atoms with E-state index in [2.05, 4.69) is 19.9 Å². The Bertz CT molecular complexity index is 170. The van der Waals surface area contributed by atoms with Gasteiger partial charge in [0.25, 0.3) is 0 Å². The minimum absolute atomic E-state index is 0.350. The van der Waals surface area contributed by atoms with E-state index in [0.29, 0.717) is 6.04 Å². The standard InChI is InChI=1S/C12H23N/c1-10(2)5-3-6-11-7-4-8-12(13)9-11/h9-10,12H,3-8,13H2,1-2H3. The molecule has 0 aromatic rings. The minimum Gasteiger partial charge on any atom is -0.324 e. The number of rotatable bonds is 4. The molecular weight excluding hydrogens is 158 g/mol. The van der Waals surface area contributed by atoms with Crippen LogP contribution in [-0.4, -0.2) is 6.04 Å². The van der Waals surface area contributed by atoms with Crippen molar-refractivity contribution in [3.63, 3.8) is 0 Å². The molecular formula is C12H23N. The first-order valence-corrected chi connectivity index (χ1v) is 5.63. The molecule has 1 aliphatic carbocycles. The highest BCUT2D eigenvalue weighted by molar-refractivity contribution is 5.09. The van der Waals surface area contributed by atoms with E-state index in [9.17, 15) is 0 Å². The third-order valence-electron chi connectivity index (χ3n) is 2.76. The highest BCUT2D eigenvalue weighted by Crippen LogP contribution is 2.22. The molecule has 0 aliphatic heterocycles. The van der Waals surface area contributed by atoms with Gasteiger partial charge in [-0.2, -0.15) is 0 Å². The molecule has 2 N–H and O–H groups in total. The second kappa shape index (κ2) is 5.43. The molecule has 0 amide bonds. The van der Waals surface area contributed by atoms with Gasteiger partial charge in [0.1, 0.15) is 0 Å². The van der Waals surface area contributed by atoms with Crippen molar-refractivity contribution >= 4 is 0 Å². The van der Waals surface area contributed by atoms with Gasteiger partial charge in [-0.3, -0.25) is 0 Å². The Balaban J connectivity index is 2.20. The van der Waals surface area contributed by atoms with Gasteiger partial charge in [-0.1, -0.05) is 31.9 Å². The van der Waals surface area contributed by atoms with Crippen molar-refractivity contribution in [1.29, 1.82) is 0 Å².